The van der Waals surface area contributed by atoms with Crippen molar-refractivity contribution in [1.29, 1.82) is 0 Å². The second-order valence-electron chi connectivity index (χ2n) is 6.38. The molecule has 0 atom stereocenters. The van der Waals surface area contributed by atoms with Crippen LogP contribution in [0, 0.1) is 0 Å². The molecule has 2 N–H and O–H groups in total. The van der Waals surface area contributed by atoms with Gasteiger partial charge in [-0.15, -0.1) is 0 Å². The Morgan fingerprint density at radius 1 is 1.23 bits per heavy atom. The fourth-order valence-electron chi connectivity index (χ4n) is 2.84. The molecule has 0 fully saturated rings. The second-order valence-corrected chi connectivity index (χ2v) is 6.38. The molecular weight excluding hydrogens is 330 g/mol. The summed E-state index contributed by atoms with van der Waals surface area (Å²) in [6, 6.07) is 15.3. The quantitative estimate of drug-likeness (QED) is 0.749. The summed E-state index contributed by atoms with van der Waals surface area (Å²) in [6.45, 7) is 2.37. The van der Waals surface area contributed by atoms with Gasteiger partial charge < -0.3 is 20.3 Å². The number of hydrogen-bond donors (Lipinski definition) is 2. The summed E-state index contributed by atoms with van der Waals surface area (Å²) in [6.07, 6.45) is 0.868. The highest BCUT2D eigenvalue weighted by molar-refractivity contribution is 5.98. The van der Waals surface area contributed by atoms with Crippen LogP contribution in [0.5, 0.6) is 5.75 Å². The summed E-state index contributed by atoms with van der Waals surface area (Å²) in [5, 5.41) is 5.63. The van der Waals surface area contributed by atoms with E-state index in [-0.39, 0.29) is 18.4 Å². The molecule has 0 radical (unpaired) electrons. The van der Waals surface area contributed by atoms with Crippen LogP contribution in [-0.4, -0.2) is 43.5 Å². The molecule has 0 unspecified atom stereocenters. The molecule has 26 heavy (non-hydrogen) atoms. The molecule has 6 nitrogen and oxygen atoms in total. The zero-order valence-electron chi connectivity index (χ0n) is 14.8. The molecule has 3 rings (SSSR count). The van der Waals surface area contributed by atoms with Gasteiger partial charge >= 0.3 is 0 Å². The van der Waals surface area contributed by atoms with Crippen molar-refractivity contribution in [3.05, 3.63) is 59.7 Å². The molecule has 0 aromatic heterocycles. The summed E-state index contributed by atoms with van der Waals surface area (Å²) in [5.74, 6) is 0.202. The molecule has 0 aliphatic carbocycles. The topological polar surface area (TPSA) is 70.7 Å². The number of ether oxygens (including phenoxy) is 1. The summed E-state index contributed by atoms with van der Waals surface area (Å²) in [7, 11) is 2.07. The van der Waals surface area contributed by atoms with E-state index in [1.165, 1.54) is 5.56 Å². The number of amides is 2. The van der Waals surface area contributed by atoms with Gasteiger partial charge in [0.1, 0.15) is 5.75 Å². The predicted octanol–water partition coefficient (Wildman–Crippen LogP) is 2.27. The van der Waals surface area contributed by atoms with Gasteiger partial charge in [-0.05, 0) is 43.8 Å². The molecule has 6 heteroatoms. The van der Waals surface area contributed by atoms with Crippen molar-refractivity contribution in [1.82, 2.24) is 10.2 Å². The number of nitrogens with one attached hydrogen (secondary N) is 2. The third kappa shape index (κ3) is 4.83. The standard InChI is InChI=1S/C20H23N3O3/c1-23(13-15-6-3-2-4-7-15)11-5-10-21-20(25)16-8-9-17-18(12-16)26-14-19(24)22-17/h2-4,6-9,12H,5,10-11,13-14H2,1H3,(H,21,25)(H,22,24). The number of nitrogens with zero attached hydrogens (tertiary/aromatic N) is 1. The van der Waals surface area contributed by atoms with E-state index in [4.69, 9.17) is 4.74 Å². The molecule has 2 aromatic rings. The third-order valence-corrected chi connectivity index (χ3v) is 4.17. The molecule has 136 valence electrons. The van der Waals surface area contributed by atoms with E-state index < -0.39 is 0 Å². The van der Waals surface area contributed by atoms with Crippen LogP contribution in [0.4, 0.5) is 5.69 Å². The van der Waals surface area contributed by atoms with E-state index in [9.17, 15) is 9.59 Å². The summed E-state index contributed by atoms with van der Waals surface area (Å²) >= 11 is 0. The Hall–Kier alpha value is -2.86. The van der Waals surface area contributed by atoms with Gasteiger partial charge in [-0.25, -0.2) is 0 Å². The molecule has 0 saturated heterocycles. The van der Waals surface area contributed by atoms with Crippen LogP contribution < -0.4 is 15.4 Å². The molecule has 1 heterocycles. The van der Waals surface area contributed by atoms with E-state index in [2.05, 4.69) is 34.7 Å². The fourth-order valence-corrected chi connectivity index (χ4v) is 2.84. The van der Waals surface area contributed by atoms with Crippen LogP contribution in [0.25, 0.3) is 0 Å². The largest absolute Gasteiger partial charge is 0.482 e. The highest BCUT2D eigenvalue weighted by Crippen LogP contribution is 2.28. The smallest absolute Gasteiger partial charge is 0.262 e. The first-order valence-electron chi connectivity index (χ1n) is 8.69. The average Bonchev–Trinajstić information content (AvgIpc) is 2.65. The van der Waals surface area contributed by atoms with E-state index in [1.54, 1.807) is 18.2 Å². The van der Waals surface area contributed by atoms with Crippen LogP contribution in [0.3, 0.4) is 0 Å². The Labute approximate surface area is 153 Å². The molecule has 2 aromatic carbocycles. The van der Waals surface area contributed by atoms with Gasteiger partial charge in [0.15, 0.2) is 6.61 Å². The highest BCUT2D eigenvalue weighted by Gasteiger charge is 2.17. The van der Waals surface area contributed by atoms with E-state index in [0.717, 1.165) is 19.5 Å². The first kappa shape index (κ1) is 17.9. The van der Waals surface area contributed by atoms with Crippen LogP contribution in [0.1, 0.15) is 22.3 Å². The lowest BCUT2D eigenvalue weighted by Gasteiger charge is -2.18. The number of anilines is 1. The first-order valence-corrected chi connectivity index (χ1v) is 8.69. The van der Waals surface area contributed by atoms with Crippen LogP contribution in [-0.2, 0) is 11.3 Å². The summed E-state index contributed by atoms with van der Waals surface area (Å²) in [4.78, 5) is 25.8. The van der Waals surface area contributed by atoms with E-state index in [1.807, 2.05) is 18.2 Å². The zero-order valence-corrected chi connectivity index (χ0v) is 14.8. The zero-order chi connectivity index (χ0) is 18.4. The van der Waals surface area contributed by atoms with E-state index >= 15 is 0 Å². The van der Waals surface area contributed by atoms with Crippen LogP contribution in [0.2, 0.25) is 0 Å². The Morgan fingerprint density at radius 3 is 2.85 bits per heavy atom. The molecular formula is C20H23N3O3. The number of fused-ring (bicyclic) bond motifs is 1. The number of benzene rings is 2. The van der Waals surface area contributed by atoms with Crippen molar-refractivity contribution in [3.8, 4) is 5.75 Å². The van der Waals surface area contributed by atoms with Gasteiger partial charge in [-0.2, -0.15) is 0 Å². The average molecular weight is 353 g/mol. The van der Waals surface area contributed by atoms with Gasteiger partial charge in [-0.1, -0.05) is 30.3 Å². The van der Waals surface area contributed by atoms with E-state index in [0.29, 0.717) is 23.5 Å². The molecule has 0 spiro atoms. The Morgan fingerprint density at radius 2 is 2.04 bits per heavy atom. The number of carbonyl (C=O) groups is 2. The maximum Gasteiger partial charge on any atom is 0.262 e. The molecule has 1 aliphatic rings. The number of hydrogen-bond acceptors (Lipinski definition) is 4. The predicted molar refractivity (Wildman–Crippen MR) is 100 cm³/mol. The normalized spacial score (nSPS) is 12.9. The van der Waals surface area contributed by atoms with Gasteiger partial charge in [0.05, 0.1) is 5.69 Å². The number of carbonyl (C=O) groups excluding carboxylic acids is 2. The van der Waals surface area contributed by atoms with Crippen molar-refractivity contribution < 1.29 is 14.3 Å². The molecule has 0 saturated carbocycles. The summed E-state index contributed by atoms with van der Waals surface area (Å²) < 4.78 is 5.34. The maximum atomic E-state index is 12.3. The lowest BCUT2D eigenvalue weighted by molar-refractivity contribution is -0.118. The maximum absolute atomic E-state index is 12.3. The second kappa shape index (κ2) is 8.49. The molecule has 1 aliphatic heterocycles. The van der Waals surface area contributed by atoms with Crippen molar-refractivity contribution in [2.24, 2.45) is 0 Å². The van der Waals surface area contributed by atoms with Crippen LogP contribution in [0.15, 0.2) is 48.5 Å². The minimum atomic E-state index is -0.186. The number of rotatable bonds is 7. The van der Waals surface area contributed by atoms with Crippen molar-refractivity contribution in [2.45, 2.75) is 13.0 Å². The van der Waals surface area contributed by atoms with Gasteiger partial charge in [0.2, 0.25) is 0 Å². The van der Waals surface area contributed by atoms with Gasteiger partial charge in [0, 0.05) is 18.7 Å². The molecule has 2 amide bonds. The van der Waals surface area contributed by atoms with Crippen molar-refractivity contribution >= 4 is 17.5 Å². The van der Waals surface area contributed by atoms with Gasteiger partial charge in [0.25, 0.3) is 11.8 Å². The lowest BCUT2D eigenvalue weighted by atomic mass is 10.1. The fraction of sp³-hybridized carbons (Fsp3) is 0.300. The van der Waals surface area contributed by atoms with Crippen LogP contribution >= 0.6 is 0 Å². The summed E-state index contributed by atoms with van der Waals surface area (Å²) in [5.41, 5.74) is 2.40. The SMILES string of the molecule is CN(CCCNC(=O)c1ccc2c(c1)OCC(=O)N2)Cc1ccccc1. The Balaban J connectivity index is 1.42. The van der Waals surface area contributed by atoms with Crippen molar-refractivity contribution in [2.75, 3.05) is 32.1 Å². The Kier molecular flexibility index (Phi) is 5.86. The third-order valence-electron chi connectivity index (χ3n) is 4.17. The monoisotopic (exact) mass is 353 g/mol. The highest BCUT2D eigenvalue weighted by atomic mass is 16.5. The first-order chi connectivity index (χ1) is 12.6. The minimum Gasteiger partial charge on any atom is -0.482 e. The van der Waals surface area contributed by atoms with Crippen molar-refractivity contribution in [3.63, 3.8) is 0 Å². The lowest BCUT2D eigenvalue weighted by Crippen LogP contribution is -2.29. The minimum absolute atomic E-state index is 0.0220. The Bertz CT molecular complexity index is 777. The molecule has 0 bridgehead atoms. The van der Waals surface area contributed by atoms with Gasteiger partial charge in [-0.3, -0.25) is 9.59 Å².